The van der Waals surface area contributed by atoms with Crippen molar-refractivity contribution in [1.82, 2.24) is 24.1 Å². The van der Waals surface area contributed by atoms with Crippen molar-refractivity contribution in [2.75, 3.05) is 0 Å². The lowest BCUT2D eigenvalue weighted by atomic mass is 10.2. The number of furan rings is 1. The van der Waals surface area contributed by atoms with Gasteiger partial charge in [0.1, 0.15) is 11.4 Å². The van der Waals surface area contributed by atoms with Crippen LogP contribution in [0.3, 0.4) is 0 Å². The predicted octanol–water partition coefficient (Wildman–Crippen LogP) is 3.17. The van der Waals surface area contributed by atoms with E-state index >= 15 is 0 Å². The molecule has 0 N–H and O–H groups in total. The molecular weight excluding hydrogens is 350 g/mol. The lowest BCUT2D eigenvalue weighted by molar-refractivity contribution is 0.534. The third-order valence-electron chi connectivity index (χ3n) is 4.11. The molecule has 0 aromatic carbocycles. The molecule has 4 rings (SSSR count). The fourth-order valence-corrected chi connectivity index (χ4v) is 3.71. The van der Waals surface area contributed by atoms with Crippen molar-refractivity contribution in [1.29, 1.82) is 0 Å². The van der Waals surface area contributed by atoms with Crippen LogP contribution in [0.15, 0.2) is 57.2 Å². The van der Waals surface area contributed by atoms with Crippen LogP contribution in [0.4, 0.5) is 0 Å². The van der Waals surface area contributed by atoms with E-state index in [9.17, 15) is 4.79 Å². The molecule has 0 spiro atoms. The van der Waals surface area contributed by atoms with Gasteiger partial charge < -0.3 is 8.98 Å². The van der Waals surface area contributed by atoms with E-state index in [0.717, 1.165) is 34.5 Å². The molecule has 0 saturated carbocycles. The van der Waals surface area contributed by atoms with E-state index in [4.69, 9.17) is 4.42 Å². The Bertz CT molecular complexity index is 1130. The Balaban J connectivity index is 1.62. The van der Waals surface area contributed by atoms with E-state index in [1.165, 1.54) is 16.2 Å². The fraction of sp³-hybridized carbons (Fsp3) is 0.222. The van der Waals surface area contributed by atoms with E-state index in [1.54, 1.807) is 18.5 Å². The molecule has 0 saturated heterocycles. The van der Waals surface area contributed by atoms with Crippen LogP contribution < -0.4 is 5.56 Å². The third kappa shape index (κ3) is 2.92. The van der Waals surface area contributed by atoms with Gasteiger partial charge >= 0.3 is 0 Å². The summed E-state index contributed by atoms with van der Waals surface area (Å²) in [7, 11) is 0. The Morgan fingerprint density at radius 1 is 1.23 bits per heavy atom. The zero-order valence-electron chi connectivity index (χ0n) is 14.4. The van der Waals surface area contributed by atoms with Gasteiger partial charge in [-0.1, -0.05) is 17.8 Å². The SMILES string of the molecule is CCn1c(SCc2cc(=O)n3ccccc3n2)nnc1-c1ccoc1C. The van der Waals surface area contributed by atoms with E-state index in [1.807, 2.05) is 42.7 Å². The highest BCUT2D eigenvalue weighted by molar-refractivity contribution is 7.98. The van der Waals surface area contributed by atoms with Crippen LogP contribution in [0, 0.1) is 6.92 Å². The molecule has 4 aromatic heterocycles. The number of pyridine rings is 1. The van der Waals surface area contributed by atoms with Crippen LogP contribution in [0.2, 0.25) is 0 Å². The molecule has 132 valence electrons. The molecule has 4 aromatic rings. The lowest BCUT2D eigenvalue weighted by Gasteiger charge is -2.07. The average Bonchev–Trinajstić information content (AvgIpc) is 3.25. The highest BCUT2D eigenvalue weighted by atomic mass is 32.2. The van der Waals surface area contributed by atoms with E-state index in [0.29, 0.717) is 11.4 Å². The van der Waals surface area contributed by atoms with Crippen LogP contribution in [0.25, 0.3) is 17.0 Å². The second-order valence-corrected chi connectivity index (χ2v) is 6.69. The Morgan fingerprint density at radius 3 is 2.88 bits per heavy atom. The van der Waals surface area contributed by atoms with Crippen LogP contribution in [-0.2, 0) is 12.3 Å². The number of aromatic nitrogens is 5. The normalized spacial score (nSPS) is 11.3. The summed E-state index contributed by atoms with van der Waals surface area (Å²) in [6, 6.07) is 8.96. The smallest absolute Gasteiger partial charge is 0.258 e. The number of thioether (sulfide) groups is 1. The molecule has 0 fully saturated rings. The van der Waals surface area contributed by atoms with Gasteiger partial charge in [-0.25, -0.2) is 4.98 Å². The van der Waals surface area contributed by atoms with Crippen LogP contribution >= 0.6 is 11.8 Å². The topological polar surface area (TPSA) is 78.2 Å². The summed E-state index contributed by atoms with van der Waals surface area (Å²) in [4.78, 5) is 16.7. The molecular formula is C18H17N5O2S. The monoisotopic (exact) mass is 367 g/mol. The van der Waals surface area contributed by atoms with Crippen molar-refractivity contribution in [2.24, 2.45) is 0 Å². The first-order valence-electron chi connectivity index (χ1n) is 8.25. The Labute approximate surface area is 153 Å². The molecule has 0 bridgehead atoms. The molecule has 0 aliphatic heterocycles. The number of fused-ring (bicyclic) bond motifs is 1. The Hall–Kier alpha value is -2.87. The van der Waals surface area contributed by atoms with Gasteiger partial charge in [0.2, 0.25) is 0 Å². The second-order valence-electron chi connectivity index (χ2n) is 5.74. The van der Waals surface area contributed by atoms with Crippen LogP contribution in [0.5, 0.6) is 0 Å². The molecule has 0 aliphatic rings. The molecule has 0 atom stereocenters. The molecule has 0 radical (unpaired) electrons. The van der Waals surface area contributed by atoms with Gasteiger partial charge in [0, 0.05) is 24.6 Å². The van der Waals surface area contributed by atoms with E-state index in [2.05, 4.69) is 15.2 Å². The summed E-state index contributed by atoms with van der Waals surface area (Å²) in [5, 5.41) is 9.41. The number of hydrogen-bond acceptors (Lipinski definition) is 6. The predicted molar refractivity (Wildman–Crippen MR) is 99.2 cm³/mol. The first kappa shape index (κ1) is 16.6. The summed E-state index contributed by atoms with van der Waals surface area (Å²) in [5.74, 6) is 2.14. The van der Waals surface area contributed by atoms with Gasteiger partial charge in [-0.3, -0.25) is 9.20 Å². The number of hydrogen-bond donors (Lipinski definition) is 0. The summed E-state index contributed by atoms with van der Waals surface area (Å²) in [6.45, 7) is 4.69. The number of aryl methyl sites for hydroxylation is 1. The Morgan fingerprint density at radius 2 is 2.12 bits per heavy atom. The fourth-order valence-electron chi connectivity index (χ4n) is 2.81. The van der Waals surface area contributed by atoms with E-state index in [-0.39, 0.29) is 5.56 Å². The lowest BCUT2D eigenvalue weighted by Crippen LogP contribution is -2.14. The minimum atomic E-state index is -0.0853. The minimum Gasteiger partial charge on any atom is -0.469 e. The highest BCUT2D eigenvalue weighted by Gasteiger charge is 2.16. The maximum atomic E-state index is 12.2. The summed E-state index contributed by atoms with van der Waals surface area (Å²) >= 11 is 1.51. The molecule has 26 heavy (non-hydrogen) atoms. The number of rotatable bonds is 5. The maximum absolute atomic E-state index is 12.2. The minimum absolute atomic E-state index is 0.0853. The zero-order chi connectivity index (χ0) is 18.1. The quantitative estimate of drug-likeness (QED) is 0.504. The van der Waals surface area contributed by atoms with Gasteiger partial charge in [0.15, 0.2) is 11.0 Å². The van der Waals surface area contributed by atoms with Gasteiger partial charge in [-0.05, 0) is 32.0 Å². The summed E-state index contributed by atoms with van der Waals surface area (Å²) in [6.07, 6.45) is 3.37. The van der Waals surface area contributed by atoms with Crippen molar-refractivity contribution in [2.45, 2.75) is 31.3 Å². The molecule has 0 aliphatic carbocycles. The Kier molecular flexibility index (Phi) is 4.34. The standard InChI is InChI=1S/C18H17N5O2S/c1-3-22-17(14-7-9-25-12(14)2)20-21-18(22)26-11-13-10-16(24)23-8-5-4-6-15(23)19-13/h4-10H,3,11H2,1-2H3. The average molecular weight is 367 g/mol. The zero-order valence-corrected chi connectivity index (χ0v) is 15.2. The molecule has 0 amide bonds. The molecule has 8 heteroatoms. The van der Waals surface area contributed by atoms with Crippen molar-refractivity contribution in [3.05, 3.63) is 64.6 Å². The van der Waals surface area contributed by atoms with Gasteiger partial charge in [0.25, 0.3) is 5.56 Å². The van der Waals surface area contributed by atoms with E-state index < -0.39 is 0 Å². The highest BCUT2D eigenvalue weighted by Crippen LogP contribution is 2.28. The van der Waals surface area contributed by atoms with Crippen molar-refractivity contribution in [3.8, 4) is 11.4 Å². The molecule has 7 nitrogen and oxygen atoms in total. The first-order chi connectivity index (χ1) is 12.7. The maximum Gasteiger partial charge on any atom is 0.258 e. The van der Waals surface area contributed by atoms with Gasteiger partial charge in [0.05, 0.1) is 17.5 Å². The van der Waals surface area contributed by atoms with Gasteiger partial charge in [-0.15, -0.1) is 10.2 Å². The number of nitrogens with zero attached hydrogens (tertiary/aromatic N) is 5. The van der Waals surface area contributed by atoms with Crippen molar-refractivity contribution >= 4 is 17.4 Å². The first-order valence-corrected chi connectivity index (χ1v) is 9.23. The largest absolute Gasteiger partial charge is 0.469 e. The van der Waals surface area contributed by atoms with Gasteiger partial charge in [-0.2, -0.15) is 0 Å². The molecule has 0 unspecified atom stereocenters. The molecule has 4 heterocycles. The third-order valence-corrected chi connectivity index (χ3v) is 5.11. The van der Waals surface area contributed by atoms with Crippen LogP contribution in [-0.4, -0.2) is 24.1 Å². The summed E-state index contributed by atoms with van der Waals surface area (Å²) in [5.41, 5.74) is 2.21. The van der Waals surface area contributed by atoms with Crippen molar-refractivity contribution < 1.29 is 4.42 Å². The second kappa shape index (κ2) is 6.80. The van der Waals surface area contributed by atoms with Crippen molar-refractivity contribution in [3.63, 3.8) is 0 Å². The van der Waals surface area contributed by atoms with Crippen LogP contribution in [0.1, 0.15) is 18.4 Å². The summed E-state index contributed by atoms with van der Waals surface area (Å²) < 4.78 is 8.94.